The Hall–Kier alpha value is -0.860. The van der Waals surface area contributed by atoms with Crippen LogP contribution in [-0.4, -0.2) is 12.2 Å². The highest BCUT2D eigenvalue weighted by atomic mass is 16.5. The fraction of sp³-hybridized carbons (Fsp3) is 0.455. The first-order valence-corrected chi connectivity index (χ1v) is 4.54. The lowest BCUT2D eigenvalue weighted by Crippen LogP contribution is -2.01. The van der Waals surface area contributed by atoms with Gasteiger partial charge in [0.1, 0.15) is 0 Å². The van der Waals surface area contributed by atoms with E-state index in [1.165, 1.54) is 0 Å². The van der Waals surface area contributed by atoms with Crippen molar-refractivity contribution in [3.8, 4) is 0 Å². The predicted molar refractivity (Wildman–Crippen MR) is 52.4 cm³/mol. The van der Waals surface area contributed by atoms with Crippen molar-refractivity contribution in [3.63, 3.8) is 0 Å². The molecule has 1 aromatic rings. The highest BCUT2D eigenvalue weighted by Gasteiger charge is 2.08. The zero-order valence-corrected chi connectivity index (χ0v) is 8.16. The van der Waals surface area contributed by atoms with Crippen LogP contribution in [0.2, 0.25) is 0 Å². The second-order valence-electron chi connectivity index (χ2n) is 3.06. The largest absolute Gasteiger partial charge is 0.388 e. The molecule has 0 aliphatic rings. The Morgan fingerprint density at radius 1 is 1.38 bits per heavy atom. The maximum absolute atomic E-state index is 9.68. The normalized spacial score (nSPS) is 12.8. The van der Waals surface area contributed by atoms with E-state index in [9.17, 15) is 5.11 Å². The molecule has 2 nitrogen and oxygen atoms in total. The quantitative estimate of drug-likeness (QED) is 0.770. The zero-order valence-electron chi connectivity index (χ0n) is 8.16. The molecule has 13 heavy (non-hydrogen) atoms. The molecule has 1 rings (SSSR count). The molecule has 0 aliphatic carbocycles. The standard InChI is InChI=1S/C11H16O2/c1-3-11(12)10-7-5-4-6-9(10)8-13-2/h4-7,11-12H,3,8H2,1-2H3. The molecule has 1 atom stereocenters. The summed E-state index contributed by atoms with van der Waals surface area (Å²) in [5.74, 6) is 0. The molecule has 0 aromatic heterocycles. The van der Waals surface area contributed by atoms with Crippen molar-refractivity contribution >= 4 is 0 Å². The van der Waals surface area contributed by atoms with E-state index in [4.69, 9.17) is 4.74 Å². The summed E-state index contributed by atoms with van der Waals surface area (Å²) in [6.45, 7) is 2.53. The van der Waals surface area contributed by atoms with Crippen LogP contribution in [0.4, 0.5) is 0 Å². The molecular formula is C11H16O2. The van der Waals surface area contributed by atoms with Gasteiger partial charge in [-0.2, -0.15) is 0 Å². The van der Waals surface area contributed by atoms with E-state index in [0.29, 0.717) is 6.61 Å². The summed E-state index contributed by atoms with van der Waals surface area (Å²) in [5, 5.41) is 9.68. The minimum absolute atomic E-state index is 0.369. The van der Waals surface area contributed by atoms with Gasteiger partial charge in [-0.15, -0.1) is 0 Å². The van der Waals surface area contributed by atoms with Crippen LogP contribution >= 0.6 is 0 Å². The van der Waals surface area contributed by atoms with Gasteiger partial charge < -0.3 is 9.84 Å². The minimum Gasteiger partial charge on any atom is -0.388 e. The van der Waals surface area contributed by atoms with E-state index in [1.54, 1.807) is 7.11 Å². The molecule has 0 fully saturated rings. The van der Waals surface area contributed by atoms with Gasteiger partial charge in [-0.25, -0.2) is 0 Å². The molecule has 0 aliphatic heterocycles. The summed E-state index contributed by atoms with van der Waals surface area (Å²) in [7, 11) is 1.66. The van der Waals surface area contributed by atoms with Crippen LogP contribution in [0.3, 0.4) is 0 Å². The molecule has 0 saturated carbocycles. The Labute approximate surface area is 79.2 Å². The van der Waals surface area contributed by atoms with Crippen LogP contribution in [0.25, 0.3) is 0 Å². The van der Waals surface area contributed by atoms with Gasteiger partial charge in [-0.1, -0.05) is 31.2 Å². The summed E-state index contributed by atoms with van der Waals surface area (Å²) in [6.07, 6.45) is 0.368. The fourth-order valence-corrected chi connectivity index (χ4v) is 1.37. The third-order valence-electron chi connectivity index (χ3n) is 2.10. The molecule has 0 heterocycles. The average Bonchev–Trinajstić information content (AvgIpc) is 2.18. The fourth-order valence-electron chi connectivity index (χ4n) is 1.37. The molecule has 1 unspecified atom stereocenters. The molecule has 1 N–H and O–H groups in total. The van der Waals surface area contributed by atoms with Crippen LogP contribution in [-0.2, 0) is 11.3 Å². The lowest BCUT2D eigenvalue weighted by molar-refractivity contribution is 0.158. The molecule has 72 valence electrons. The van der Waals surface area contributed by atoms with Crippen LogP contribution in [0, 0.1) is 0 Å². The Balaban J connectivity index is 2.90. The Bertz CT molecular complexity index is 258. The predicted octanol–water partition coefficient (Wildman–Crippen LogP) is 2.28. The summed E-state index contributed by atoms with van der Waals surface area (Å²) < 4.78 is 5.05. The van der Waals surface area contributed by atoms with Crippen molar-refractivity contribution in [1.29, 1.82) is 0 Å². The molecule has 1 aromatic carbocycles. The number of ether oxygens (including phenoxy) is 1. The van der Waals surface area contributed by atoms with Crippen molar-refractivity contribution in [1.82, 2.24) is 0 Å². The maximum atomic E-state index is 9.68. The van der Waals surface area contributed by atoms with Crippen LogP contribution in [0.5, 0.6) is 0 Å². The van der Waals surface area contributed by atoms with Gasteiger partial charge in [0.15, 0.2) is 0 Å². The van der Waals surface area contributed by atoms with Crippen LogP contribution < -0.4 is 0 Å². The van der Waals surface area contributed by atoms with Gasteiger partial charge in [0.05, 0.1) is 12.7 Å². The smallest absolute Gasteiger partial charge is 0.0790 e. The molecule has 0 saturated heterocycles. The Morgan fingerprint density at radius 2 is 2.08 bits per heavy atom. The molecule has 0 radical (unpaired) electrons. The van der Waals surface area contributed by atoms with Crippen molar-refractivity contribution in [2.75, 3.05) is 7.11 Å². The van der Waals surface area contributed by atoms with E-state index in [-0.39, 0.29) is 6.10 Å². The number of benzene rings is 1. The average molecular weight is 180 g/mol. The van der Waals surface area contributed by atoms with Crippen molar-refractivity contribution in [3.05, 3.63) is 35.4 Å². The van der Waals surface area contributed by atoms with Gasteiger partial charge in [0.25, 0.3) is 0 Å². The van der Waals surface area contributed by atoms with Gasteiger partial charge >= 0.3 is 0 Å². The van der Waals surface area contributed by atoms with E-state index in [2.05, 4.69) is 0 Å². The van der Waals surface area contributed by atoms with E-state index in [0.717, 1.165) is 17.5 Å². The van der Waals surface area contributed by atoms with Gasteiger partial charge in [0.2, 0.25) is 0 Å². The lowest BCUT2D eigenvalue weighted by Gasteiger charge is -2.12. The van der Waals surface area contributed by atoms with Gasteiger partial charge in [-0.05, 0) is 17.5 Å². The summed E-state index contributed by atoms with van der Waals surface area (Å²) >= 11 is 0. The number of rotatable bonds is 4. The third kappa shape index (κ3) is 2.54. The number of aliphatic hydroxyl groups excluding tert-OH is 1. The van der Waals surface area contributed by atoms with Gasteiger partial charge in [0, 0.05) is 7.11 Å². The number of aliphatic hydroxyl groups is 1. The van der Waals surface area contributed by atoms with E-state index in [1.807, 2.05) is 31.2 Å². The number of hydrogen-bond donors (Lipinski definition) is 1. The van der Waals surface area contributed by atoms with Crippen LogP contribution in [0.15, 0.2) is 24.3 Å². The summed E-state index contributed by atoms with van der Waals surface area (Å²) in [4.78, 5) is 0. The third-order valence-corrected chi connectivity index (χ3v) is 2.10. The highest BCUT2D eigenvalue weighted by molar-refractivity contribution is 5.28. The Morgan fingerprint density at radius 3 is 2.69 bits per heavy atom. The number of methoxy groups -OCH3 is 1. The molecule has 0 amide bonds. The van der Waals surface area contributed by atoms with E-state index >= 15 is 0 Å². The Kier molecular flexibility index (Phi) is 3.93. The molecular weight excluding hydrogens is 164 g/mol. The topological polar surface area (TPSA) is 29.5 Å². The zero-order chi connectivity index (χ0) is 9.68. The number of hydrogen-bond acceptors (Lipinski definition) is 2. The first-order valence-electron chi connectivity index (χ1n) is 4.54. The first-order chi connectivity index (χ1) is 6.29. The first kappa shape index (κ1) is 10.2. The van der Waals surface area contributed by atoms with Crippen molar-refractivity contribution in [2.24, 2.45) is 0 Å². The monoisotopic (exact) mass is 180 g/mol. The minimum atomic E-state index is -0.369. The summed E-state index contributed by atoms with van der Waals surface area (Å²) in [6, 6.07) is 7.83. The molecule has 0 bridgehead atoms. The molecule has 0 spiro atoms. The highest BCUT2D eigenvalue weighted by Crippen LogP contribution is 2.20. The summed E-state index contributed by atoms with van der Waals surface area (Å²) in [5.41, 5.74) is 2.05. The van der Waals surface area contributed by atoms with Crippen molar-refractivity contribution < 1.29 is 9.84 Å². The SMILES string of the molecule is CCC(O)c1ccccc1COC. The lowest BCUT2D eigenvalue weighted by atomic mass is 10.0. The maximum Gasteiger partial charge on any atom is 0.0790 e. The second kappa shape index (κ2) is 5.00. The van der Waals surface area contributed by atoms with Gasteiger partial charge in [-0.3, -0.25) is 0 Å². The molecule has 2 heteroatoms. The van der Waals surface area contributed by atoms with Crippen LogP contribution in [0.1, 0.15) is 30.6 Å². The second-order valence-corrected chi connectivity index (χ2v) is 3.06. The van der Waals surface area contributed by atoms with Crippen molar-refractivity contribution in [2.45, 2.75) is 26.1 Å². The van der Waals surface area contributed by atoms with E-state index < -0.39 is 0 Å².